The predicted octanol–water partition coefficient (Wildman–Crippen LogP) is 5.40. The second-order valence-corrected chi connectivity index (χ2v) is 10.9. The molecule has 38 heavy (non-hydrogen) atoms. The molecule has 9 heteroatoms. The minimum atomic E-state index is -0.627. The first-order valence-corrected chi connectivity index (χ1v) is 13.7. The van der Waals surface area contributed by atoms with E-state index in [1.807, 2.05) is 78.9 Å². The van der Waals surface area contributed by atoms with Gasteiger partial charge in [0.05, 0.1) is 33.4 Å². The van der Waals surface area contributed by atoms with Crippen LogP contribution in [0, 0.1) is 0 Å². The van der Waals surface area contributed by atoms with E-state index in [-0.39, 0.29) is 5.56 Å². The number of halogens is 2. The predicted molar refractivity (Wildman–Crippen MR) is 152 cm³/mol. The lowest BCUT2D eigenvalue weighted by Crippen LogP contribution is -2.39. The topological polar surface area (TPSA) is 69.9 Å². The van der Waals surface area contributed by atoms with Crippen molar-refractivity contribution in [1.82, 2.24) is 4.57 Å². The summed E-state index contributed by atoms with van der Waals surface area (Å²) in [6.07, 6.45) is 1.82. The highest BCUT2D eigenvalue weighted by Gasteiger charge is 2.32. The number of carbonyl (C=O) groups is 1. The number of ether oxygens (including phenoxy) is 2. The molecule has 3 aromatic carbocycles. The van der Waals surface area contributed by atoms with Crippen LogP contribution in [-0.4, -0.2) is 17.6 Å². The smallest absolute Gasteiger partial charge is 0.338 e. The fourth-order valence-corrected chi connectivity index (χ4v) is 5.94. The van der Waals surface area contributed by atoms with Crippen LogP contribution in [0.15, 0.2) is 98.3 Å². The fourth-order valence-electron chi connectivity index (χ4n) is 4.26. The van der Waals surface area contributed by atoms with Gasteiger partial charge < -0.3 is 9.47 Å². The average molecular weight is 610 g/mol. The van der Waals surface area contributed by atoms with Gasteiger partial charge in [-0.25, -0.2) is 9.79 Å². The standard InChI is InChI=1S/C29H22BrClN2O4S/c1-17-25(28(35)36-2)26(20-6-4-3-5-7-20)33-27(34)24(38-29(33)32-17)15-19-10-13-23(22(30)14-19)37-16-18-8-11-21(31)12-9-18/h3-15,26H,16H2,1-2H3. The highest BCUT2D eigenvalue weighted by atomic mass is 79.9. The summed E-state index contributed by atoms with van der Waals surface area (Å²) in [4.78, 5) is 31.5. The van der Waals surface area contributed by atoms with Gasteiger partial charge in [0.1, 0.15) is 12.4 Å². The van der Waals surface area contributed by atoms with Crippen LogP contribution in [0.1, 0.15) is 29.7 Å². The minimum Gasteiger partial charge on any atom is -0.488 e. The average Bonchev–Trinajstić information content (AvgIpc) is 3.22. The van der Waals surface area contributed by atoms with Crippen LogP contribution in [-0.2, 0) is 16.1 Å². The van der Waals surface area contributed by atoms with E-state index in [9.17, 15) is 9.59 Å². The van der Waals surface area contributed by atoms with Crippen LogP contribution >= 0.6 is 38.9 Å². The van der Waals surface area contributed by atoms with Gasteiger partial charge in [0.2, 0.25) is 0 Å². The van der Waals surface area contributed by atoms with Gasteiger partial charge in [-0.2, -0.15) is 0 Å². The molecule has 0 saturated carbocycles. The molecule has 0 N–H and O–H groups in total. The lowest BCUT2D eigenvalue weighted by molar-refractivity contribution is -0.136. The number of methoxy groups -OCH3 is 1. The zero-order valence-electron chi connectivity index (χ0n) is 20.5. The number of aromatic nitrogens is 1. The van der Waals surface area contributed by atoms with Crippen molar-refractivity contribution in [3.8, 4) is 5.75 Å². The molecule has 0 aliphatic carbocycles. The molecule has 1 unspecified atom stereocenters. The second kappa shape index (κ2) is 11.1. The molecule has 1 aromatic heterocycles. The molecule has 0 saturated heterocycles. The van der Waals surface area contributed by atoms with Crippen LogP contribution in [0.2, 0.25) is 5.02 Å². The third-order valence-electron chi connectivity index (χ3n) is 6.10. The summed E-state index contributed by atoms with van der Waals surface area (Å²) >= 11 is 10.8. The summed E-state index contributed by atoms with van der Waals surface area (Å²) in [5.74, 6) is 0.175. The Morgan fingerprint density at radius 1 is 1.13 bits per heavy atom. The largest absolute Gasteiger partial charge is 0.488 e. The van der Waals surface area contributed by atoms with Crippen molar-refractivity contribution in [2.45, 2.75) is 19.6 Å². The van der Waals surface area contributed by atoms with Crippen LogP contribution in [0.3, 0.4) is 0 Å². The number of benzene rings is 3. The normalized spacial score (nSPS) is 15.2. The van der Waals surface area contributed by atoms with E-state index in [2.05, 4.69) is 20.9 Å². The van der Waals surface area contributed by atoms with Crippen molar-refractivity contribution in [2.75, 3.05) is 7.11 Å². The molecule has 5 rings (SSSR count). The summed E-state index contributed by atoms with van der Waals surface area (Å²) in [6.45, 7) is 2.16. The van der Waals surface area contributed by atoms with Crippen molar-refractivity contribution < 1.29 is 14.3 Å². The Morgan fingerprint density at radius 3 is 2.55 bits per heavy atom. The SMILES string of the molecule is COC(=O)C1=C(C)N=c2sc(=Cc3ccc(OCc4ccc(Cl)cc4)c(Br)c3)c(=O)n2C1c1ccccc1. The van der Waals surface area contributed by atoms with Gasteiger partial charge in [-0.15, -0.1) is 0 Å². The van der Waals surface area contributed by atoms with Crippen molar-refractivity contribution in [3.05, 3.63) is 130 Å². The quantitative estimate of drug-likeness (QED) is 0.275. The van der Waals surface area contributed by atoms with Crippen LogP contribution < -0.4 is 19.6 Å². The number of rotatable bonds is 6. The Balaban J connectivity index is 1.51. The van der Waals surface area contributed by atoms with Crippen molar-refractivity contribution in [1.29, 1.82) is 0 Å². The number of thiazole rings is 1. The summed E-state index contributed by atoms with van der Waals surface area (Å²) in [7, 11) is 1.33. The molecule has 4 aromatic rings. The highest BCUT2D eigenvalue weighted by molar-refractivity contribution is 9.10. The van der Waals surface area contributed by atoms with Crippen LogP contribution in [0.25, 0.3) is 6.08 Å². The maximum atomic E-state index is 13.7. The van der Waals surface area contributed by atoms with E-state index < -0.39 is 12.0 Å². The number of esters is 1. The molecule has 0 spiro atoms. The molecule has 1 aliphatic rings. The first-order valence-electron chi connectivity index (χ1n) is 11.7. The second-order valence-electron chi connectivity index (χ2n) is 8.59. The third-order valence-corrected chi connectivity index (χ3v) is 7.96. The molecule has 6 nitrogen and oxygen atoms in total. The number of fused-ring (bicyclic) bond motifs is 1. The van der Waals surface area contributed by atoms with E-state index in [0.717, 1.165) is 21.2 Å². The van der Waals surface area contributed by atoms with Crippen molar-refractivity contribution in [2.24, 2.45) is 4.99 Å². The Hall–Kier alpha value is -3.46. The van der Waals surface area contributed by atoms with Crippen molar-refractivity contribution >= 4 is 50.9 Å². The molecule has 0 fully saturated rings. The van der Waals surface area contributed by atoms with E-state index >= 15 is 0 Å². The van der Waals surface area contributed by atoms with E-state index in [0.29, 0.717) is 38.0 Å². The molecule has 1 aliphatic heterocycles. The summed E-state index contributed by atoms with van der Waals surface area (Å²) in [5, 5.41) is 0.677. The molecule has 2 heterocycles. The number of nitrogens with zero attached hydrogens (tertiary/aromatic N) is 2. The first kappa shape index (κ1) is 26.2. The maximum absolute atomic E-state index is 13.7. The van der Waals surface area contributed by atoms with E-state index in [4.69, 9.17) is 21.1 Å². The zero-order valence-corrected chi connectivity index (χ0v) is 23.6. The zero-order chi connectivity index (χ0) is 26.8. The Kier molecular flexibility index (Phi) is 7.65. The molecular weight excluding hydrogens is 588 g/mol. The van der Waals surface area contributed by atoms with Gasteiger partial charge in [0.15, 0.2) is 4.80 Å². The van der Waals surface area contributed by atoms with Gasteiger partial charge in [0, 0.05) is 5.02 Å². The molecule has 0 amide bonds. The van der Waals surface area contributed by atoms with Gasteiger partial charge in [-0.1, -0.05) is 71.5 Å². The lowest BCUT2D eigenvalue weighted by atomic mass is 9.96. The number of hydrogen-bond acceptors (Lipinski definition) is 6. The Morgan fingerprint density at radius 2 is 1.87 bits per heavy atom. The Bertz CT molecular complexity index is 1730. The van der Waals surface area contributed by atoms with Gasteiger partial charge in [0.25, 0.3) is 5.56 Å². The molecule has 192 valence electrons. The molecular formula is C29H22BrClN2O4S. The number of carbonyl (C=O) groups excluding carboxylic acids is 1. The van der Waals surface area contributed by atoms with Gasteiger partial charge >= 0.3 is 5.97 Å². The van der Waals surface area contributed by atoms with Crippen LogP contribution in [0.5, 0.6) is 5.75 Å². The Labute approximate surface area is 236 Å². The molecule has 1 atom stereocenters. The lowest BCUT2D eigenvalue weighted by Gasteiger charge is -2.24. The molecule has 0 bridgehead atoms. The fraction of sp³-hybridized carbons (Fsp3) is 0.138. The summed E-state index contributed by atoms with van der Waals surface area (Å²) in [5.41, 5.74) is 3.28. The third kappa shape index (κ3) is 5.25. The van der Waals surface area contributed by atoms with Crippen molar-refractivity contribution in [3.63, 3.8) is 0 Å². The summed E-state index contributed by atoms with van der Waals surface area (Å²) in [6, 6.07) is 21.9. The first-order chi connectivity index (χ1) is 18.4. The van der Waals surface area contributed by atoms with Crippen LogP contribution in [0.4, 0.5) is 0 Å². The summed E-state index contributed by atoms with van der Waals surface area (Å²) < 4.78 is 13.8. The van der Waals surface area contributed by atoms with E-state index in [1.54, 1.807) is 11.5 Å². The monoisotopic (exact) mass is 608 g/mol. The van der Waals surface area contributed by atoms with E-state index in [1.165, 1.54) is 18.4 Å². The minimum absolute atomic E-state index is 0.226. The van der Waals surface area contributed by atoms with Gasteiger partial charge in [-0.05, 0) is 69.9 Å². The number of hydrogen-bond donors (Lipinski definition) is 0. The maximum Gasteiger partial charge on any atom is 0.338 e. The highest BCUT2D eigenvalue weighted by Crippen LogP contribution is 2.30. The molecule has 0 radical (unpaired) electrons. The van der Waals surface area contributed by atoms with Gasteiger partial charge in [-0.3, -0.25) is 9.36 Å². The number of allylic oxidation sites excluding steroid dienone is 1.